The third kappa shape index (κ3) is 1.78. The Morgan fingerprint density at radius 2 is 2.00 bits per heavy atom. The monoisotopic (exact) mass is 184 g/mol. The maximum absolute atomic E-state index is 5.95. The second-order valence-corrected chi connectivity index (χ2v) is 3.51. The largest absolute Gasteiger partial charge is 0.328 e. The zero-order chi connectivity index (χ0) is 9.19. The smallest absolute Gasteiger partial charge is 0.0519 e. The first-order valence-electron chi connectivity index (χ1n) is 3.82. The van der Waals surface area contributed by atoms with E-state index in [1.54, 1.807) is 0 Å². The van der Waals surface area contributed by atoms with Crippen LogP contribution in [0.4, 0.5) is 0 Å². The van der Waals surface area contributed by atoms with Crippen molar-refractivity contribution in [2.45, 2.75) is 12.5 Å². The first-order chi connectivity index (χ1) is 5.58. The van der Waals surface area contributed by atoms with Gasteiger partial charge in [0.15, 0.2) is 0 Å². The lowest BCUT2D eigenvalue weighted by molar-refractivity contribution is 0.508. The lowest BCUT2D eigenvalue weighted by atomic mass is 9.93. The van der Waals surface area contributed by atoms with Crippen LogP contribution in [-0.4, -0.2) is 6.54 Å². The van der Waals surface area contributed by atoms with Gasteiger partial charge in [-0.2, -0.15) is 0 Å². The molecule has 0 aliphatic rings. The molecule has 0 unspecified atom stereocenters. The summed E-state index contributed by atoms with van der Waals surface area (Å²) < 4.78 is 0. The first kappa shape index (κ1) is 9.52. The van der Waals surface area contributed by atoms with Crippen LogP contribution in [0.3, 0.4) is 0 Å². The second-order valence-electron chi connectivity index (χ2n) is 3.10. The predicted octanol–water partition coefficient (Wildman–Crippen LogP) is 1.47. The van der Waals surface area contributed by atoms with Crippen molar-refractivity contribution in [3.63, 3.8) is 0 Å². The minimum Gasteiger partial charge on any atom is -0.328 e. The molecule has 1 rings (SSSR count). The molecule has 0 fully saturated rings. The molecule has 0 heterocycles. The summed E-state index contributed by atoms with van der Waals surface area (Å²) >= 11 is 5.95. The quantitative estimate of drug-likeness (QED) is 0.732. The molecule has 4 N–H and O–H groups in total. The fourth-order valence-electron chi connectivity index (χ4n) is 1.03. The number of nitrogens with two attached hydrogens (primary N) is 2. The van der Waals surface area contributed by atoms with Crippen molar-refractivity contribution in [1.82, 2.24) is 0 Å². The van der Waals surface area contributed by atoms with Crippen molar-refractivity contribution < 1.29 is 0 Å². The maximum atomic E-state index is 5.95. The molecule has 0 aliphatic heterocycles. The van der Waals surface area contributed by atoms with Crippen molar-refractivity contribution >= 4 is 11.6 Å². The number of hydrogen-bond donors (Lipinski definition) is 2. The first-order valence-corrected chi connectivity index (χ1v) is 4.19. The molecule has 0 aliphatic carbocycles. The van der Waals surface area contributed by atoms with Crippen molar-refractivity contribution in [3.05, 3.63) is 34.9 Å². The topological polar surface area (TPSA) is 52.0 Å². The number of hydrogen-bond acceptors (Lipinski definition) is 2. The van der Waals surface area contributed by atoms with Gasteiger partial charge in [0.25, 0.3) is 0 Å². The molecule has 12 heavy (non-hydrogen) atoms. The van der Waals surface area contributed by atoms with Gasteiger partial charge >= 0.3 is 0 Å². The molecule has 0 radical (unpaired) electrons. The van der Waals surface area contributed by atoms with Crippen LogP contribution in [0.25, 0.3) is 0 Å². The minimum atomic E-state index is -0.529. The van der Waals surface area contributed by atoms with Crippen molar-refractivity contribution in [3.8, 4) is 0 Å². The Kier molecular flexibility index (Phi) is 2.73. The van der Waals surface area contributed by atoms with Gasteiger partial charge < -0.3 is 11.5 Å². The molecular formula is C9H13ClN2. The Morgan fingerprint density at radius 3 is 2.50 bits per heavy atom. The summed E-state index contributed by atoms with van der Waals surface area (Å²) in [7, 11) is 0. The molecule has 1 aromatic carbocycles. The van der Waals surface area contributed by atoms with Gasteiger partial charge in [-0.05, 0) is 18.6 Å². The fourth-order valence-corrected chi connectivity index (χ4v) is 1.39. The van der Waals surface area contributed by atoms with Crippen LogP contribution in [0.1, 0.15) is 12.5 Å². The average molecular weight is 185 g/mol. The summed E-state index contributed by atoms with van der Waals surface area (Å²) in [5.74, 6) is 0. The van der Waals surface area contributed by atoms with Gasteiger partial charge in [-0.25, -0.2) is 0 Å². The molecule has 0 saturated carbocycles. The van der Waals surface area contributed by atoms with E-state index in [9.17, 15) is 0 Å². The third-order valence-electron chi connectivity index (χ3n) is 1.91. The Labute approximate surface area is 77.5 Å². The van der Waals surface area contributed by atoms with E-state index in [1.165, 1.54) is 0 Å². The van der Waals surface area contributed by atoms with Crippen LogP contribution in [0.5, 0.6) is 0 Å². The van der Waals surface area contributed by atoms with Gasteiger partial charge in [0.05, 0.1) is 5.54 Å². The molecule has 2 nitrogen and oxygen atoms in total. The van der Waals surface area contributed by atoms with E-state index >= 15 is 0 Å². The van der Waals surface area contributed by atoms with E-state index in [1.807, 2.05) is 31.2 Å². The average Bonchev–Trinajstić information content (AvgIpc) is 2.05. The summed E-state index contributed by atoms with van der Waals surface area (Å²) in [6.45, 7) is 2.25. The van der Waals surface area contributed by atoms with Gasteiger partial charge in [0.1, 0.15) is 0 Å². The normalized spacial score (nSPS) is 15.7. The summed E-state index contributed by atoms with van der Waals surface area (Å²) in [6, 6.07) is 7.49. The molecule has 0 amide bonds. The minimum absolute atomic E-state index is 0.386. The highest BCUT2D eigenvalue weighted by Gasteiger charge is 2.20. The van der Waals surface area contributed by atoms with Crippen molar-refractivity contribution in [2.75, 3.05) is 6.54 Å². The molecule has 1 aromatic rings. The van der Waals surface area contributed by atoms with Gasteiger partial charge in [-0.15, -0.1) is 0 Å². The van der Waals surface area contributed by atoms with Gasteiger partial charge in [0.2, 0.25) is 0 Å². The Morgan fingerprint density at radius 1 is 1.42 bits per heavy atom. The SMILES string of the molecule is C[C@](N)(CN)c1ccccc1Cl. The Balaban J connectivity index is 3.10. The lowest BCUT2D eigenvalue weighted by Gasteiger charge is -2.23. The molecule has 0 aromatic heterocycles. The molecule has 0 saturated heterocycles. The van der Waals surface area contributed by atoms with E-state index in [0.717, 1.165) is 5.56 Å². The Bertz CT molecular complexity index is 271. The van der Waals surface area contributed by atoms with E-state index < -0.39 is 5.54 Å². The highest BCUT2D eigenvalue weighted by molar-refractivity contribution is 6.31. The van der Waals surface area contributed by atoms with Gasteiger partial charge in [-0.3, -0.25) is 0 Å². The van der Waals surface area contributed by atoms with Crippen LogP contribution < -0.4 is 11.5 Å². The van der Waals surface area contributed by atoms with Crippen LogP contribution in [0.2, 0.25) is 5.02 Å². The maximum Gasteiger partial charge on any atom is 0.0519 e. The van der Waals surface area contributed by atoms with E-state index in [0.29, 0.717) is 11.6 Å². The van der Waals surface area contributed by atoms with Crippen molar-refractivity contribution in [1.29, 1.82) is 0 Å². The van der Waals surface area contributed by atoms with Gasteiger partial charge in [-0.1, -0.05) is 29.8 Å². The zero-order valence-electron chi connectivity index (χ0n) is 7.05. The predicted molar refractivity (Wildman–Crippen MR) is 52.0 cm³/mol. The van der Waals surface area contributed by atoms with Crippen molar-refractivity contribution in [2.24, 2.45) is 11.5 Å². The summed E-state index contributed by atoms with van der Waals surface area (Å²) in [5, 5.41) is 0.674. The molecule has 0 spiro atoms. The Hall–Kier alpha value is -0.570. The molecular weight excluding hydrogens is 172 g/mol. The summed E-state index contributed by atoms with van der Waals surface area (Å²) in [5.41, 5.74) is 11.8. The molecule has 66 valence electrons. The third-order valence-corrected chi connectivity index (χ3v) is 2.24. The fraction of sp³-hybridized carbons (Fsp3) is 0.333. The highest BCUT2D eigenvalue weighted by atomic mass is 35.5. The molecule has 1 atom stereocenters. The van der Waals surface area contributed by atoms with E-state index in [2.05, 4.69) is 0 Å². The summed E-state index contributed by atoms with van der Waals surface area (Å²) in [6.07, 6.45) is 0. The van der Waals surface area contributed by atoms with Crippen LogP contribution in [0, 0.1) is 0 Å². The highest BCUT2D eigenvalue weighted by Crippen LogP contribution is 2.24. The number of halogens is 1. The number of rotatable bonds is 2. The lowest BCUT2D eigenvalue weighted by Crippen LogP contribution is -2.41. The van der Waals surface area contributed by atoms with E-state index in [-0.39, 0.29) is 0 Å². The van der Waals surface area contributed by atoms with Gasteiger partial charge in [0, 0.05) is 11.6 Å². The van der Waals surface area contributed by atoms with Crippen LogP contribution in [-0.2, 0) is 5.54 Å². The second kappa shape index (κ2) is 3.44. The number of benzene rings is 1. The van der Waals surface area contributed by atoms with Crippen LogP contribution >= 0.6 is 11.6 Å². The zero-order valence-corrected chi connectivity index (χ0v) is 7.81. The van der Waals surface area contributed by atoms with E-state index in [4.69, 9.17) is 23.1 Å². The molecule has 3 heteroatoms. The van der Waals surface area contributed by atoms with Crippen LogP contribution in [0.15, 0.2) is 24.3 Å². The standard InChI is InChI=1S/C9H13ClN2/c1-9(12,6-11)7-4-2-3-5-8(7)10/h2-5H,6,11-12H2,1H3/t9-/m0/s1. The summed E-state index contributed by atoms with van der Waals surface area (Å²) in [4.78, 5) is 0. The molecule has 0 bridgehead atoms.